The molecule has 31 heavy (non-hydrogen) atoms. The summed E-state index contributed by atoms with van der Waals surface area (Å²) in [5.41, 5.74) is 1.62. The maximum absolute atomic E-state index is 12.7. The number of aliphatic hydroxyl groups is 3. The average molecular weight is 425 g/mol. The number of carbonyl (C=O) groups excluding carboxylic acids is 1. The molecule has 1 amide bonds. The molecule has 164 valence electrons. The van der Waals surface area contributed by atoms with Crippen molar-refractivity contribution in [2.45, 2.75) is 37.4 Å². The van der Waals surface area contributed by atoms with Crippen LogP contribution in [0.1, 0.15) is 12.5 Å². The Labute approximate surface area is 181 Å². The molecule has 2 aromatic rings. The van der Waals surface area contributed by atoms with Crippen molar-refractivity contribution >= 4 is 28.4 Å². The lowest BCUT2D eigenvalue weighted by molar-refractivity contribution is -0.190. The van der Waals surface area contributed by atoms with Gasteiger partial charge < -0.3 is 30.3 Å². The second-order valence-corrected chi connectivity index (χ2v) is 7.90. The van der Waals surface area contributed by atoms with Crippen LogP contribution in [-0.4, -0.2) is 72.4 Å². The summed E-state index contributed by atoms with van der Waals surface area (Å²) in [7, 11) is 3.93. The Hall–Kier alpha value is -2.96. The first-order valence-electron chi connectivity index (χ1n) is 10.0. The van der Waals surface area contributed by atoms with Crippen molar-refractivity contribution in [1.82, 2.24) is 5.32 Å². The summed E-state index contributed by atoms with van der Waals surface area (Å²) in [5.74, 6) is -0.681. The van der Waals surface area contributed by atoms with Crippen LogP contribution in [-0.2, 0) is 9.53 Å². The first-order chi connectivity index (χ1) is 14.7. The molecule has 8 nitrogen and oxygen atoms in total. The van der Waals surface area contributed by atoms with Gasteiger partial charge in [0, 0.05) is 19.8 Å². The lowest BCUT2D eigenvalue weighted by Gasteiger charge is -2.41. The maximum Gasteiger partial charge on any atom is 0.262 e. The monoisotopic (exact) mass is 425 g/mol. The number of amides is 1. The van der Waals surface area contributed by atoms with Gasteiger partial charge in [-0.2, -0.15) is 5.26 Å². The summed E-state index contributed by atoms with van der Waals surface area (Å²) in [4.78, 5) is 14.7. The molecule has 1 aliphatic rings. The van der Waals surface area contributed by atoms with E-state index in [1.807, 2.05) is 55.4 Å². The van der Waals surface area contributed by atoms with Gasteiger partial charge in [-0.05, 0) is 47.5 Å². The van der Waals surface area contributed by atoms with Crippen LogP contribution in [0, 0.1) is 11.3 Å². The topological polar surface area (TPSA) is 126 Å². The molecule has 1 heterocycles. The highest BCUT2D eigenvalue weighted by molar-refractivity contribution is 6.02. The number of nitrogens with one attached hydrogen (secondary N) is 1. The van der Waals surface area contributed by atoms with Gasteiger partial charge in [-0.3, -0.25) is 4.79 Å². The van der Waals surface area contributed by atoms with E-state index in [0.29, 0.717) is 5.56 Å². The summed E-state index contributed by atoms with van der Waals surface area (Å²) in [6.07, 6.45) is -2.81. The van der Waals surface area contributed by atoms with E-state index in [-0.39, 0.29) is 5.57 Å². The summed E-state index contributed by atoms with van der Waals surface area (Å²) >= 11 is 0. The van der Waals surface area contributed by atoms with Crippen molar-refractivity contribution < 1.29 is 24.9 Å². The number of nitriles is 1. The van der Waals surface area contributed by atoms with E-state index in [4.69, 9.17) is 4.74 Å². The van der Waals surface area contributed by atoms with E-state index < -0.39 is 43.0 Å². The second-order valence-electron chi connectivity index (χ2n) is 7.90. The molecular formula is C23H27N3O5. The number of nitrogens with zero attached hydrogens (tertiary/aromatic N) is 2. The first kappa shape index (κ1) is 22.7. The molecule has 1 saturated heterocycles. The zero-order valence-electron chi connectivity index (χ0n) is 17.7. The predicted molar refractivity (Wildman–Crippen MR) is 117 cm³/mol. The van der Waals surface area contributed by atoms with Crippen LogP contribution in [0.3, 0.4) is 0 Å². The fraction of sp³-hybridized carbons (Fsp3) is 0.391. The number of ether oxygens (including phenoxy) is 1. The molecule has 1 aliphatic heterocycles. The van der Waals surface area contributed by atoms with Gasteiger partial charge in [0.25, 0.3) is 5.91 Å². The fourth-order valence-electron chi connectivity index (χ4n) is 3.67. The van der Waals surface area contributed by atoms with Crippen LogP contribution < -0.4 is 10.2 Å². The Morgan fingerprint density at radius 3 is 2.52 bits per heavy atom. The van der Waals surface area contributed by atoms with E-state index >= 15 is 0 Å². The minimum atomic E-state index is -1.35. The number of aliphatic hydroxyl groups excluding tert-OH is 3. The third kappa shape index (κ3) is 4.86. The molecular weight excluding hydrogens is 398 g/mol. The highest BCUT2D eigenvalue weighted by Gasteiger charge is 2.43. The van der Waals surface area contributed by atoms with E-state index in [9.17, 15) is 25.4 Å². The number of hydrogen-bond acceptors (Lipinski definition) is 7. The Morgan fingerprint density at radius 2 is 1.87 bits per heavy atom. The predicted octanol–water partition coefficient (Wildman–Crippen LogP) is 0.799. The number of rotatable bonds is 5. The largest absolute Gasteiger partial charge is 0.394 e. The van der Waals surface area contributed by atoms with E-state index in [2.05, 4.69) is 11.4 Å². The highest BCUT2D eigenvalue weighted by atomic mass is 16.5. The maximum atomic E-state index is 12.7. The van der Waals surface area contributed by atoms with Crippen molar-refractivity contribution in [3.05, 3.63) is 47.5 Å². The number of hydrogen-bond donors (Lipinski definition) is 4. The molecule has 2 aromatic carbocycles. The lowest BCUT2D eigenvalue weighted by Crippen LogP contribution is -2.63. The number of fused-ring (bicyclic) bond motifs is 1. The standard InChI is InChI=1S/C23H27N3O5/c1-13-20(22(29)21(28)19(12-27)31-13)25-23(30)17(11-24)9-14-4-5-16-10-18(26(2)3)7-6-15(16)8-14/h4-10,13,19-22,27-29H,12H2,1-3H3,(H,25,30)/b17-9+/t13?,19-,20+,21-,22-/m1/s1. The van der Waals surface area contributed by atoms with Crippen LogP contribution >= 0.6 is 0 Å². The van der Waals surface area contributed by atoms with E-state index in [0.717, 1.165) is 16.5 Å². The van der Waals surface area contributed by atoms with Crippen LogP contribution in [0.15, 0.2) is 42.0 Å². The van der Waals surface area contributed by atoms with Gasteiger partial charge in [-0.25, -0.2) is 0 Å². The Bertz CT molecular complexity index is 1030. The van der Waals surface area contributed by atoms with Gasteiger partial charge in [-0.1, -0.05) is 18.2 Å². The molecule has 1 fully saturated rings. The van der Waals surface area contributed by atoms with Crippen molar-refractivity contribution in [3.8, 4) is 6.07 Å². The molecule has 8 heteroatoms. The molecule has 0 bridgehead atoms. The molecule has 0 saturated carbocycles. The molecule has 0 spiro atoms. The highest BCUT2D eigenvalue weighted by Crippen LogP contribution is 2.24. The van der Waals surface area contributed by atoms with E-state index in [1.165, 1.54) is 6.08 Å². The van der Waals surface area contributed by atoms with Gasteiger partial charge in [-0.15, -0.1) is 0 Å². The molecule has 0 radical (unpaired) electrons. The Kier molecular flexibility index (Phi) is 6.93. The summed E-state index contributed by atoms with van der Waals surface area (Å²) in [6, 6.07) is 12.6. The normalized spacial score (nSPS) is 26.4. The van der Waals surface area contributed by atoms with Gasteiger partial charge in [0.1, 0.15) is 30.0 Å². The van der Waals surface area contributed by atoms with Crippen LogP contribution in [0.4, 0.5) is 5.69 Å². The summed E-state index contributed by atoms with van der Waals surface area (Å²) < 4.78 is 5.46. The van der Waals surface area contributed by atoms with Gasteiger partial charge in [0.05, 0.1) is 18.8 Å². The third-order valence-electron chi connectivity index (χ3n) is 5.51. The third-order valence-corrected chi connectivity index (χ3v) is 5.51. The zero-order chi connectivity index (χ0) is 22.7. The number of benzene rings is 2. The molecule has 1 unspecified atom stereocenters. The molecule has 4 N–H and O–H groups in total. The fourth-order valence-corrected chi connectivity index (χ4v) is 3.67. The van der Waals surface area contributed by atoms with Crippen molar-refractivity contribution in [2.24, 2.45) is 0 Å². The van der Waals surface area contributed by atoms with Crippen molar-refractivity contribution in [2.75, 3.05) is 25.6 Å². The Morgan fingerprint density at radius 1 is 1.19 bits per heavy atom. The van der Waals surface area contributed by atoms with Crippen molar-refractivity contribution in [3.63, 3.8) is 0 Å². The van der Waals surface area contributed by atoms with Crippen molar-refractivity contribution in [1.29, 1.82) is 5.26 Å². The van der Waals surface area contributed by atoms with Gasteiger partial charge in [0.15, 0.2) is 0 Å². The van der Waals surface area contributed by atoms with Gasteiger partial charge >= 0.3 is 0 Å². The molecule has 0 aromatic heterocycles. The number of carbonyl (C=O) groups is 1. The molecule has 0 aliphatic carbocycles. The molecule has 5 atom stereocenters. The smallest absolute Gasteiger partial charge is 0.262 e. The second kappa shape index (κ2) is 9.45. The van der Waals surface area contributed by atoms with E-state index in [1.54, 1.807) is 6.92 Å². The lowest BCUT2D eigenvalue weighted by atomic mass is 9.93. The van der Waals surface area contributed by atoms with Gasteiger partial charge in [0.2, 0.25) is 0 Å². The SMILES string of the molecule is CC1O[C@H](CO)[C@@H](O)[C@H](O)[C@H]1NC(=O)/C(C#N)=C/c1ccc2cc(N(C)C)ccc2c1. The summed E-state index contributed by atoms with van der Waals surface area (Å²) in [6.45, 7) is 1.16. The quantitative estimate of drug-likeness (QED) is 0.412. The Balaban J connectivity index is 1.80. The molecule has 3 rings (SSSR count). The number of anilines is 1. The van der Waals surface area contributed by atoms with Crippen LogP contribution in [0.5, 0.6) is 0 Å². The van der Waals surface area contributed by atoms with Crippen LogP contribution in [0.25, 0.3) is 16.8 Å². The average Bonchev–Trinajstić information content (AvgIpc) is 2.76. The zero-order valence-corrected chi connectivity index (χ0v) is 17.7. The van der Waals surface area contributed by atoms with Crippen LogP contribution in [0.2, 0.25) is 0 Å². The minimum Gasteiger partial charge on any atom is -0.394 e. The first-order valence-corrected chi connectivity index (χ1v) is 10.0. The minimum absolute atomic E-state index is 0.137. The summed E-state index contributed by atoms with van der Waals surface area (Å²) in [5, 5.41) is 43.7.